The Morgan fingerprint density at radius 1 is 0.487 bits per heavy atom. The minimum absolute atomic E-state index is 0. The van der Waals surface area contributed by atoms with Gasteiger partial charge in [0.1, 0.15) is 0 Å². The predicted octanol–water partition coefficient (Wildman–Crippen LogP) is 5.67. The number of hydrogen-bond donors (Lipinski definition) is 0. The summed E-state index contributed by atoms with van der Waals surface area (Å²) in [4.78, 5) is 37.8. The van der Waals surface area contributed by atoms with Crippen LogP contribution in [-0.2, 0) is 14.4 Å². The Morgan fingerprint density at radius 3 is 0.949 bits per heavy atom. The van der Waals surface area contributed by atoms with Crippen molar-refractivity contribution < 1.29 is 49.0 Å². The second-order valence-electron chi connectivity index (χ2n) is 11.4. The van der Waals surface area contributed by atoms with Crippen molar-refractivity contribution in [2.75, 3.05) is 0 Å². The van der Waals surface area contributed by atoms with Gasteiger partial charge in [-0.05, 0) is 19.8 Å². The quantitative estimate of drug-likeness (QED) is 0.0915. The van der Waals surface area contributed by atoms with Gasteiger partial charge in [0.25, 0.3) is 0 Å². The van der Waals surface area contributed by atoms with Gasteiger partial charge in [-0.3, -0.25) is 14.5 Å². The third kappa shape index (κ3) is 25.1. The van der Waals surface area contributed by atoms with Crippen molar-refractivity contribution in [1.29, 1.82) is 0 Å². The molecule has 224 valence electrons. The summed E-state index contributed by atoms with van der Waals surface area (Å²) in [5.74, 6) is -2.09. The van der Waals surface area contributed by atoms with Crippen molar-refractivity contribution in [3.05, 3.63) is 0 Å². The van der Waals surface area contributed by atoms with E-state index in [9.17, 15) is 19.5 Å². The molecule has 0 saturated heterocycles. The second kappa shape index (κ2) is 30.6. The zero-order valence-electron chi connectivity index (χ0n) is 26.5. The van der Waals surface area contributed by atoms with Crippen molar-refractivity contribution >= 4 is 17.8 Å². The Balaban J connectivity index is 0. The van der Waals surface area contributed by atoms with Crippen LogP contribution in [-0.4, -0.2) is 28.7 Å². The molecule has 0 aliphatic heterocycles. The van der Waals surface area contributed by atoms with Crippen LogP contribution in [0.1, 0.15) is 188 Å². The fourth-order valence-corrected chi connectivity index (χ4v) is 5.15. The number of unbranched alkanes of at least 4 members (excludes halogenated alkanes) is 22. The van der Waals surface area contributed by atoms with Crippen LogP contribution in [0.3, 0.4) is 0 Å². The van der Waals surface area contributed by atoms with Gasteiger partial charge >= 0.3 is 29.6 Å². The summed E-state index contributed by atoms with van der Waals surface area (Å²) in [6.07, 6.45) is 29.5. The molecule has 0 aliphatic rings. The number of hydrogen-bond acceptors (Lipinski definition) is 4. The van der Waals surface area contributed by atoms with E-state index in [-0.39, 0.29) is 54.2 Å². The largest absolute Gasteiger partial charge is 1.00 e. The minimum atomic E-state index is -1.37. The maximum Gasteiger partial charge on any atom is 1.00 e. The summed E-state index contributed by atoms with van der Waals surface area (Å²) in [6, 6.07) is -1.20. The third-order valence-corrected chi connectivity index (χ3v) is 7.75. The van der Waals surface area contributed by atoms with Gasteiger partial charge < -0.3 is 9.90 Å². The molecule has 0 spiro atoms. The number of imide groups is 1. The van der Waals surface area contributed by atoms with Crippen LogP contribution < -0.4 is 34.7 Å². The Labute approximate surface area is 264 Å². The number of aliphatic carboxylic acids is 1. The first kappa shape index (κ1) is 40.7. The van der Waals surface area contributed by atoms with E-state index in [1.54, 1.807) is 0 Å². The molecule has 39 heavy (non-hydrogen) atoms. The molecule has 1 atom stereocenters. The molecule has 0 aromatic heterocycles. The van der Waals surface area contributed by atoms with Crippen LogP contribution in [0.15, 0.2) is 0 Å². The van der Waals surface area contributed by atoms with Crippen LogP contribution in [0, 0.1) is 0 Å². The molecule has 0 aromatic rings. The van der Waals surface area contributed by atoms with E-state index in [1.807, 2.05) is 0 Å². The molecular formula is C33H62NNaO4. The van der Waals surface area contributed by atoms with E-state index in [0.29, 0.717) is 12.8 Å². The van der Waals surface area contributed by atoms with Crippen molar-refractivity contribution in [2.45, 2.75) is 194 Å². The average molecular weight is 560 g/mol. The van der Waals surface area contributed by atoms with Crippen LogP contribution in [0.2, 0.25) is 0 Å². The normalized spacial score (nSPS) is 11.7. The van der Waals surface area contributed by atoms with Crippen LogP contribution >= 0.6 is 0 Å². The summed E-state index contributed by atoms with van der Waals surface area (Å²) in [5.41, 5.74) is 0. The van der Waals surface area contributed by atoms with Crippen molar-refractivity contribution in [3.63, 3.8) is 0 Å². The summed E-state index contributed by atoms with van der Waals surface area (Å²) in [5, 5.41) is 11.4. The van der Waals surface area contributed by atoms with Gasteiger partial charge in [0.2, 0.25) is 11.8 Å². The van der Waals surface area contributed by atoms with Crippen LogP contribution in [0.25, 0.3) is 0 Å². The van der Waals surface area contributed by atoms with Crippen molar-refractivity contribution in [3.8, 4) is 0 Å². The first-order chi connectivity index (χ1) is 18.5. The molecule has 0 N–H and O–H groups in total. The molecule has 0 radical (unpaired) electrons. The van der Waals surface area contributed by atoms with E-state index in [2.05, 4.69) is 13.8 Å². The molecule has 2 amide bonds. The summed E-state index contributed by atoms with van der Waals surface area (Å²) >= 11 is 0. The molecule has 0 bridgehead atoms. The molecule has 0 aromatic carbocycles. The Morgan fingerprint density at radius 2 is 0.718 bits per heavy atom. The Bertz CT molecular complexity index is 584. The maximum atomic E-state index is 12.7. The number of nitrogens with zero attached hydrogens (tertiary/aromatic N) is 1. The van der Waals surface area contributed by atoms with E-state index in [0.717, 1.165) is 30.6 Å². The number of amides is 2. The zero-order chi connectivity index (χ0) is 28.3. The molecule has 0 fully saturated rings. The van der Waals surface area contributed by atoms with Gasteiger partial charge in [-0.1, -0.05) is 155 Å². The predicted molar refractivity (Wildman–Crippen MR) is 158 cm³/mol. The molecule has 0 rings (SSSR count). The van der Waals surface area contributed by atoms with Gasteiger partial charge in [-0.15, -0.1) is 0 Å². The number of carbonyl (C=O) groups excluding carboxylic acids is 3. The molecule has 0 heterocycles. The number of carbonyl (C=O) groups is 3. The number of carboxylic acid groups (broad SMARTS) is 1. The average Bonchev–Trinajstić information content (AvgIpc) is 2.90. The standard InChI is InChI=1S/C33H63NO4.Na/c1-4-6-8-10-12-14-15-16-17-18-19-21-23-25-27-29-32(36)34(30(3)33(37)38)31(35)28-26-24-22-20-13-11-9-7-5-2;/h30H,4-29H2,1-3H3,(H,37,38);/q;+1/p-1/t30-;/m0./s1. The molecule has 0 saturated carbocycles. The Kier molecular flexibility index (Phi) is 31.9. The first-order valence-electron chi connectivity index (χ1n) is 16.5. The van der Waals surface area contributed by atoms with E-state index < -0.39 is 12.0 Å². The van der Waals surface area contributed by atoms with Crippen LogP contribution in [0.4, 0.5) is 0 Å². The summed E-state index contributed by atoms with van der Waals surface area (Å²) < 4.78 is 0. The van der Waals surface area contributed by atoms with Gasteiger partial charge in [-0.25, -0.2) is 0 Å². The first-order valence-corrected chi connectivity index (χ1v) is 16.5. The van der Waals surface area contributed by atoms with Crippen molar-refractivity contribution in [2.24, 2.45) is 0 Å². The monoisotopic (exact) mass is 559 g/mol. The fraction of sp³-hybridized carbons (Fsp3) is 0.909. The molecule has 0 unspecified atom stereocenters. The van der Waals surface area contributed by atoms with Gasteiger partial charge in [0.05, 0.1) is 12.0 Å². The molecular weight excluding hydrogens is 497 g/mol. The summed E-state index contributed by atoms with van der Waals surface area (Å²) in [6.45, 7) is 5.86. The van der Waals surface area contributed by atoms with Gasteiger partial charge in [0.15, 0.2) is 0 Å². The number of carboxylic acids is 1. The van der Waals surface area contributed by atoms with E-state index in [1.165, 1.54) is 122 Å². The fourth-order valence-electron chi connectivity index (χ4n) is 5.15. The second-order valence-corrected chi connectivity index (χ2v) is 11.4. The molecule has 6 heteroatoms. The zero-order valence-corrected chi connectivity index (χ0v) is 28.5. The number of rotatable bonds is 28. The minimum Gasteiger partial charge on any atom is -0.548 e. The van der Waals surface area contributed by atoms with Crippen molar-refractivity contribution in [1.82, 2.24) is 4.90 Å². The topological polar surface area (TPSA) is 77.5 Å². The Hall–Kier alpha value is -0.390. The molecule has 0 aliphatic carbocycles. The maximum absolute atomic E-state index is 12.7. The molecule has 5 nitrogen and oxygen atoms in total. The smallest absolute Gasteiger partial charge is 0.548 e. The van der Waals surface area contributed by atoms with Crippen LogP contribution in [0.5, 0.6) is 0 Å². The van der Waals surface area contributed by atoms with Gasteiger partial charge in [0, 0.05) is 12.8 Å². The summed E-state index contributed by atoms with van der Waals surface area (Å²) in [7, 11) is 0. The third-order valence-electron chi connectivity index (χ3n) is 7.75. The van der Waals surface area contributed by atoms with Gasteiger partial charge in [-0.2, -0.15) is 0 Å². The van der Waals surface area contributed by atoms with E-state index >= 15 is 0 Å². The SMILES string of the molecule is CCCCCCCCCCCCCCCCCC(=O)N(C(=O)CCCCCCCCCCC)[C@@H](C)C(=O)[O-].[Na+]. The van der Waals surface area contributed by atoms with E-state index in [4.69, 9.17) is 0 Å².